The van der Waals surface area contributed by atoms with E-state index in [4.69, 9.17) is 5.11 Å². The van der Waals surface area contributed by atoms with Gasteiger partial charge in [0, 0.05) is 13.1 Å². The molecule has 1 fully saturated rings. The van der Waals surface area contributed by atoms with Crippen molar-refractivity contribution in [1.29, 1.82) is 0 Å². The Morgan fingerprint density at radius 1 is 1.71 bits per heavy atom. The van der Waals surface area contributed by atoms with Crippen LogP contribution in [0.5, 0.6) is 0 Å². The van der Waals surface area contributed by atoms with E-state index in [9.17, 15) is 14.9 Å². The van der Waals surface area contributed by atoms with E-state index >= 15 is 0 Å². The molecule has 92 valence electrons. The number of nitrogens with zero attached hydrogens (tertiary/aromatic N) is 3. The molecule has 0 aliphatic carbocycles. The van der Waals surface area contributed by atoms with Crippen molar-refractivity contribution in [3.8, 4) is 0 Å². The Hall–Kier alpha value is -1.70. The lowest BCUT2D eigenvalue weighted by atomic mass is 9.99. The lowest BCUT2D eigenvalue weighted by Crippen LogP contribution is -2.38. The molecule has 0 spiro atoms. The third-order valence-electron chi connectivity index (χ3n) is 2.70. The van der Waals surface area contributed by atoms with E-state index in [1.807, 2.05) is 0 Å². The molecule has 2 rings (SSSR count). The fourth-order valence-corrected chi connectivity index (χ4v) is 2.61. The monoisotopic (exact) mass is 257 g/mol. The average Bonchev–Trinajstić information content (AvgIpc) is 2.78. The summed E-state index contributed by atoms with van der Waals surface area (Å²) in [5, 5.41) is 20.0. The number of carbonyl (C=O) groups is 1. The minimum atomic E-state index is -0.819. The molecule has 17 heavy (non-hydrogen) atoms. The first-order chi connectivity index (χ1) is 8.08. The number of hydrogen-bond donors (Lipinski definition) is 1. The van der Waals surface area contributed by atoms with E-state index < -0.39 is 16.8 Å². The molecule has 1 aliphatic rings. The highest BCUT2D eigenvalue weighted by Gasteiger charge is 2.27. The first-order valence-corrected chi connectivity index (χ1v) is 5.97. The highest BCUT2D eigenvalue weighted by Crippen LogP contribution is 2.31. The van der Waals surface area contributed by atoms with Crippen molar-refractivity contribution in [2.45, 2.75) is 12.8 Å². The summed E-state index contributed by atoms with van der Waals surface area (Å²) in [6.45, 7) is 1.08. The van der Waals surface area contributed by atoms with Crippen LogP contribution in [0.25, 0.3) is 0 Å². The molecule has 2 heterocycles. The van der Waals surface area contributed by atoms with Gasteiger partial charge in [-0.05, 0) is 24.2 Å². The average molecular weight is 257 g/mol. The van der Waals surface area contributed by atoms with Gasteiger partial charge >= 0.3 is 11.0 Å². The van der Waals surface area contributed by atoms with Crippen LogP contribution in [-0.2, 0) is 4.79 Å². The maximum absolute atomic E-state index is 10.9. The first kappa shape index (κ1) is 11.8. The summed E-state index contributed by atoms with van der Waals surface area (Å²) in [4.78, 5) is 26.7. The van der Waals surface area contributed by atoms with Gasteiger partial charge in [-0.1, -0.05) is 0 Å². The van der Waals surface area contributed by atoms with Crippen LogP contribution in [0.4, 0.5) is 10.1 Å². The van der Waals surface area contributed by atoms with Crippen molar-refractivity contribution >= 4 is 27.4 Å². The van der Waals surface area contributed by atoms with Gasteiger partial charge in [0.2, 0.25) is 0 Å². The van der Waals surface area contributed by atoms with Crippen molar-refractivity contribution in [2.75, 3.05) is 18.0 Å². The second kappa shape index (κ2) is 4.66. The largest absolute Gasteiger partial charge is 0.481 e. The standard InChI is InChI=1S/C9H11N3O4S/c13-8(14)6-2-1-3-11(5-6)9-10-4-7(17-9)12(15)16/h4,6H,1-3,5H2,(H,13,14). The summed E-state index contributed by atoms with van der Waals surface area (Å²) in [7, 11) is 0. The van der Waals surface area contributed by atoms with Crippen LogP contribution < -0.4 is 4.90 Å². The van der Waals surface area contributed by atoms with E-state index in [2.05, 4.69) is 4.98 Å². The second-order valence-electron chi connectivity index (χ2n) is 3.86. The predicted octanol–water partition coefficient (Wildman–Crippen LogP) is 1.35. The zero-order chi connectivity index (χ0) is 12.4. The molecule has 0 amide bonds. The normalized spacial score (nSPS) is 20.2. The number of nitro groups is 1. The van der Waals surface area contributed by atoms with Gasteiger partial charge in [0.15, 0.2) is 5.13 Å². The van der Waals surface area contributed by atoms with Gasteiger partial charge in [0.05, 0.1) is 10.8 Å². The Kier molecular flexibility index (Phi) is 3.23. The maximum Gasteiger partial charge on any atom is 0.345 e. The van der Waals surface area contributed by atoms with Gasteiger partial charge in [-0.3, -0.25) is 14.9 Å². The zero-order valence-corrected chi connectivity index (χ0v) is 9.72. The molecule has 1 atom stereocenters. The van der Waals surface area contributed by atoms with E-state index in [0.29, 0.717) is 24.6 Å². The van der Waals surface area contributed by atoms with Crippen LogP contribution in [0.15, 0.2) is 6.20 Å². The van der Waals surface area contributed by atoms with Gasteiger partial charge in [-0.2, -0.15) is 0 Å². The fraction of sp³-hybridized carbons (Fsp3) is 0.556. The Morgan fingerprint density at radius 2 is 2.47 bits per heavy atom. The summed E-state index contributed by atoms with van der Waals surface area (Å²) in [5.74, 6) is -1.23. The molecule has 7 nitrogen and oxygen atoms in total. The second-order valence-corrected chi connectivity index (χ2v) is 4.85. The number of aromatic nitrogens is 1. The molecule has 0 radical (unpaired) electrons. The lowest BCUT2D eigenvalue weighted by molar-refractivity contribution is -0.380. The van der Waals surface area contributed by atoms with Crippen molar-refractivity contribution < 1.29 is 14.8 Å². The molecule has 1 unspecified atom stereocenters. The molecular formula is C9H11N3O4S. The maximum atomic E-state index is 10.9. The summed E-state index contributed by atoms with van der Waals surface area (Å²) in [5.41, 5.74) is 0. The topological polar surface area (TPSA) is 96.6 Å². The number of rotatable bonds is 3. The van der Waals surface area contributed by atoms with E-state index in [0.717, 1.165) is 17.8 Å². The van der Waals surface area contributed by atoms with Crippen LogP contribution in [0.1, 0.15) is 12.8 Å². The highest BCUT2D eigenvalue weighted by molar-refractivity contribution is 7.18. The molecule has 1 aromatic rings. The van der Waals surface area contributed by atoms with Crippen LogP contribution in [0, 0.1) is 16.0 Å². The number of carboxylic acids is 1. The van der Waals surface area contributed by atoms with Crippen LogP contribution in [0.3, 0.4) is 0 Å². The van der Waals surface area contributed by atoms with Crippen molar-refractivity contribution in [3.05, 3.63) is 16.3 Å². The minimum absolute atomic E-state index is 0.0163. The molecule has 0 saturated carbocycles. The molecule has 1 aromatic heterocycles. The quantitative estimate of drug-likeness (QED) is 0.648. The summed E-state index contributed by atoms with van der Waals surface area (Å²) >= 11 is 0.984. The SMILES string of the molecule is O=C(O)C1CCCN(c2ncc([N+](=O)[O-])s2)C1. The summed E-state index contributed by atoms with van der Waals surface area (Å²) in [6, 6.07) is 0. The Morgan fingerprint density at radius 3 is 3.06 bits per heavy atom. The first-order valence-electron chi connectivity index (χ1n) is 5.16. The van der Waals surface area contributed by atoms with Crippen LogP contribution in [-0.4, -0.2) is 34.1 Å². The van der Waals surface area contributed by atoms with Gasteiger partial charge in [-0.25, -0.2) is 4.98 Å². The predicted molar refractivity (Wildman–Crippen MR) is 61.3 cm³/mol. The van der Waals surface area contributed by atoms with Gasteiger partial charge in [-0.15, -0.1) is 0 Å². The van der Waals surface area contributed by atoms with Crippen molar-refractivity contribution in [3.63, 3.8) is 0 Å². The van der Waals surface area contributed by atoms with Crippen LogP contribution in [0.2, 0.25) is 0 Å². The molecule has 0 aromatic carbocycles. The van der Waals surface area contributed by atoms with Crippen LogP contribution >= 0.6 is 11.3 Å². The van der Waals surface area contributed by atoms with Gasteiger partial charge < -0.3 is 10.0 Å². The number of aliphatic carboxylic acids is 1. The Balaban J connectivity index is 2.10. The molecule has 8 heteroatoms. The van der Waals surface area contributed by atoms with E-state index in [1.165, 1.54) is 6.20 Å². The Bertz CT molecular complexity index is 447. The molecule has 1 aliphatic heterocycles. The van der Waals surface area contributed by atoms with Crippen molar-refractivity contribution in [2.24, 2.45) is 5.92 Å². The van der Waals surface area contributed by atoms with Gasteiger partial charge in [0.25, 0.3) is 0 Å². The Labute approximate surface area is 101 Å². The minimum Gasteiger partial charge on any atom is -0.481 e. The third-order valence-corrected chi connectivity index (χ3v) is 3.71. The number of anilines is 1. The van der Waals surface area contributed by atoms with E-state index in [-0.39, 0.29) is 5.00 Å². The fourth-order valence-electron chi connectivity index (χ4n) is 1.84. The highest BCUT2D eigenvalue weighted by atomic mass is 32.1. The number of carboxylic acid groups (broad SMARTS) is 1. The van der Waals surface area contributed by atoms with E-state index in [1.54, 1.807) is 4.90 Å². The molecule has 1 saturated heterocycles. The van der Waals surface area contributed by atoms with Crippen molar-refractivity contribution in [1.82, 2.24) is 4.98 Å². The molecule has 1 N–H and O–H groups in total. The third kappa shape index (κ3) is 2.52. The summed E-state index contributed by atoms with van der Waals surface area (Å²) in [6.07, 6.45) is 2.63. The zero-order valence-electron chi connectivity index (χ0n) is 8.90. The number of thiazole rings is 1. The van der Waals surface area contributed by atoms with Gasteiger partial charge in [0.1, 0.15) is 6.20 Å². The molecular weight excluding hydrogens is 246 g/mol. The molecule has 0 bridgehead atoms. The number of hydrogen-bond acceptors (Lipinski definition) is 6. The lowest BCUT2D eigenvalue weighted by Gasteiger charge is -2.29. The smallest absolute Gasteiger partial charge is 0.345 e. The summed E-state index contributed by atoms with van der Waals surface area (Å²) < 4.78 is 0. The number of piperidine rings is 1.